The summed E-state index contributed by atoms with van der Waals surface area (Å²) in [4.78, 5) is 26.2. The van der Waals surface area contributed by atoms with Gasteiger partial charge in [0.2, 0.25) is 5.91 Å². The van der Waals surface area contributed by atoms with E-state index < -0.39 is 0 Å². The molecule has 1 aliphatic carbocycles. The number of nitrogens with one attached hydrogen (secondary N) is 1. The van der Waals surface area contributed by atoms with Crippen molar-refractivity contribution in [1.29, 1.82) is 0 Å². The summed E-state index contributed by atoms with van der Waals surface area (Å²) < 4.78 is 0. The smallest absolute Gasteiger partial charge is 0.252 e. The highest BCUT2D eigenvalue weighted by Crippen LogP contribution is 2.36. The summed E-state index contributed by atoms with van der Waals surface area (Å²) >= 11 is 1.50. The molecule has 1 N–H and O–H groups in total. The maximum atomic E-state index is 12.3. The number of amides is 2. The van der Waals surface area contributed by atoms with Crippen molar-refractivity contribution >= 4 is 23.2 Å². The summed E-state index contributed by atoms with van der Waals surface area (Å²) in [6, 6.07) is 1.80. The van der Waals surface area contributed by atoms with Gasteiger partial charge < -0.3 is 10.2 Å². The molecular formula is C17H24N2O2S. The molecule has 2 aliphatic rings. The minimum atomic E-state index is -0.0833. The second kappa shape index (κ2) is 7.27. The molecule has 0 unspecified atom stereocenters. The van der Waals surface area contributed by atoms with Crippen LogP contribution in [0.3, 0.4) is 0 Å². The van der Waals surface area contributed by atoms with E-state index in [-0.39, 0.29) is 11.8 Å². The van der Waals surface area contributed by atoms with E-state index in [0.29, 0.717) is 24.4 Å². The molecule has 4 nitrogen and oxygen atoms in total. The normalized spacial score (nSPS) is 24.6. The van der Waals surface area contributed by atoms with Crippen molar-refractivity contribution in [2.75, 3.05) is 19.6 Å². The summed E-state index contributed by atoms with van der Waals surface area (Å²) in [6.07, 6.45) is 6.89. The molecule has 0 radical (unpaired) electrons. The Kier molecular flexibility index (Phi) is 5.13. The van der Waals surface area contributed by atoms with E-state index in [1.165, 1.54) is 37.0 Å². The molecule has 22 heavy (non-hydrogen) atoms. The molecule has 120 valence electrons. The van der Waals surface area contributed by atoms with Gasteiger partial charge in [-0.05, 0) is 36.1 Å². The Morgan fingerprint density at radius 3 is 2.82 bits per heavy atom. The maximum Gasteiger partial charge on any atom is 0.252 e. The van der Waals surface area contributed by atoms with E-state index in [9.17, 15) is 9.59 Å². The van der Waals surface area contributed by atoms with Gasteiger partial charge in [0.1, 0.15) is 0 Å². The van der Waals surface area contributed by atoms with Crippen LogP contribution in [-0.2, 0) is 4.79 Å². The van der Waals surface area contributed by atoms with Gasteiger partial charge in [-0.25, -0.2) is 0 Å². The predicted octanol–water partition coefficient (Wildman–Crippen LogP) is 2.91. The molecular weight excluding hydrogens is 296 g/mol. The third-order valence-electron chi connectivity index (χ3n) is 5.05. The van der Waals surface area contributed by atoms with Crippen LogP contribution in [0.15, 0.2) is 16.8 Å². The zero-order chi connectivity index (χ0) is 15.4. The molecule has 5 heteroatoms. The largest absolute Gasteiger partial charge is 0.351 e. The van der Waals surface area contributed by atoms with Crippen LogP contribution in [0.5, 0.6) is 0 Å². The minimum absolute atomic E-state index is 0.0833. The number of nitrogens with zero attached hydrogens (tertiary/aromatic N) is 1. The number of hydrogen-bond acceptors (Lipinski definition) is 3. The summed E-state index contributed by atoms with van der Waals surface area (Å²) in [5.74, 6) is 1.66. The summed E-state index contributed by atoms with van der Waals surface area (Å²) in [5.41, 5.74) is 0.681. The van der Waals surface area contributed by atoms with Crippen molar-refractivity contribution < 1.29 is 9.59 Å². The Morgan fingerprint density at radius 1 is 1.23 bits per heavy atom. The summed E-state index contributed by atoms with van der Waals surface area (Å²) in [5, 5.41) is 6.54. The van der Waals surface area contributed by atoms with Gasteiger partial charge in [-0.2, -0.15) is 11.3 Å². The van der Waals surface area contributed by atoms with E-state index in [0.717, 1.165) is 25.4 Å². The highest BCUT2D eigenvalue weighted by molar-refractivity contribution is 7.08. The van der Waals surface area contributed by atoms with E-state index in [1.54, 1.807) is 6.07 Å². The second-order valence-corrected chi connectivity index (χ2v) is 7.23. The van der Waals surface area contributed by atoms with Gasteiger partial charge in [0.25, 0.3) is 5.91 Å². The molecule has 2 amide bonds. The van der Waals surface area contributed by atoms with Crippen LogP contribution in [0.1, 0.15) is 48.9 Å². The molecule has 1 aromatic rings. The summed E-state index contributed by atoms with van der Waals surface area (Å²) in [6.45, 7) is 2.26. The molecule has 2 atom stereocenters. The van der Waals surface area contributed by atoms with E-state index in [2.05, 4.69) is 5.32 Å². The Hall–Kier alpha value is -1.36. The zero-order valence-electron chi connectivity index (χ0n) is 12.9. The van der Waals surface area contributed by atoms with Crippen LogP contribution in [0.25, 0.3) is 0 Å². The number of piperidine rings is 1. The monoisotopic (exact) mass is 320 g/mol. The number of likely N-dealkylation sites (tertiary alicyclic amines) is 1. The van der Waals surface area contributed by atoms with E-state index >= 15 is 0 Å². The topological polar surface area (TPSA) is 49.4 Å². The third-order valence-corrected chi connectivity index (χ3v) is 5.73. The molecule has 2 fully saturated rings. The van der Waals surface area contributed by atoms with Crippen LogP contribution in [-0.4, -0.2) is 36.3 Å². The van der Waals surface area contributed by atoms with Gasteiger partial charge in [-0.15, -0.1) is 0 Å². The van der Waals surface area contributed by atoms with Gasteiger partial charge in [0.05, 0.1) is 0 Å². The molecule has 3 rings (SSSR count). The zero-order valence-corrected chi connectivity index (χ0v) is 13.7. The Bertz CT molecular complexity index is 515. The number of rotatable bonds is 4. The number of thiophene rings is 1. The Labute approximate surface area is 135 Å². The van der Waals surface area contributed by atoms with Crippen molar-refractivity contribution in [1.82, 2.24) is 10.2 Å². The van der Waals surface area contributed by atoms with Crippen molar-refractivity contribution in [2.45, 2.75) is 38.5 Å². The van der Waals surface area contributed by atoms with E-state index in [1.807, 2.05) is 15.7 Å². The quantitative estimate of drug-likeness (QED) is 0.927. The second-order valence-electron chi connectivity index (χ2n) is 6.45. The Balaban J connectivity index is 1.41. The third kappa shape index (κ3) is 3.69. The average Bonchev–Trinajstić information content (AvgIpc) is 3.08. The number of hydrogen-bond donors (Lipinski definition) is 1. The van der Waals surface area contributed by atoms with Crippen LogP contribution >= 0.6 is 11.3 Å². The van der Waals surface area contributed by atoms with Crippen molar-refractivity contribution in [3.8, 4) is 0 Å². The van der Waals surface area contributed by atoms with Crippen molar-refractivity contribution in [3.05, 3.63) is 22.4 Å². The van der Waals surface area contributed by atoms with Crippen molar-refractivity contribution in [3.63, 3.8) is 0 Å². The standard InChI is InChI=1S/C17H24N2O2S/c20-16(5-8-18-17(21)15-7-10-22-12-15)19-9-6-13-3-1-2-4-14(13)11-19/h7,10,12-14H,1-6,8-9,11H2,(H,18,21)/t13-,14+/m1/s1. The lowest BCUT2D eigenvalue weighted by molar-refractivity contribution is -0.134. The molecule has 0 spiro atoms. The SMILES string of the molecule is O=C(NCCC(=O)N1CC[C@H]2CCCC[C@H]2C1)c1ccsc1. The highest BCUT2D eigenvalue weighted by atomic mass is 32.1. The van der Waals surface area contributed by atoms with E-state index in [4.69, 9.17) is 0 Å². The first kappa shape index (κ1) is 15.5. The first-order valence-corrected chi connectivity index (χ1v) is 9.26. The lowest BCUT2D eigenvalue weighted by Crippen LogP contribution is -2.45. The predicted molar refractivity (Wildman–Crippen MR) is 87.9 cm³/mol. The molecule has 2 heterocycles. The van der Waals surface area contributed by atoms with Gasteiger partial charge in [0.15, 0.2) is 0 Å². The van der Waals surface area contributed by atoms with Gasteiger partial charge in [-0.3, -0.25) is 9.59 Å². The molecule has 1 aromatic heterocycles. The minimum Gasteiger partial charge on any atom is -0.351 e. The molecule has 1 saturated carbocycles. The number of carbonyl (C=O) groups excluding carboxylic acids is 2. The fourth-order valence-corrected chi connectivity index (χ4v) is 4.40. The van der Waals surface area contributed by atoms with Gasteiger partial charge in [-0.1, -0.05) is 19.3 Å². The number of fused-ring (bicyclic) bond motifs is 1. The lowest BCUT2D eigenvalue weighted by atomic mass is 9.75. The molecule has 0 bridgehead atoms. The molecule has 1 aliphatic heterocycles. The lowest BCUT2D eigenvalue weighted by Gasteiger charge is -2.41. The summed E-state index contributed by atoms with van der Waals surface area (Å²) in [7, 11) is 0. The van der Waals surface area contributed by atoms with Crippen LogP contribution in [0, 0.1) is 11.8 Å². The fraction of sp³-hybridized carbons (Fsp3) is 0.647. The van der Waals surface area contributed by atoms with Crippen molar-refractivity contribution in [2.24, 2.45) is 11.8 Å². The maximum absolute atomic E-state index is 12.3. The highest BCUT2D eigenvalue weighted by Gasteiger charge is 2.32. The van der Waals surface area contributed by atoms with Gasteiger partial charge in [0, 0.05) is 37.0 Å². The van der Waals surface area contributed by atoms with Crippen LogP contribution in [0.2, 0.25) is 0 Å². The van der Waals surface area contributed by atoms with Crippen LogP contribution in [0.4, 0.5) is 0 Å². The molecule has 0 aromatic carbocycles. The first-order chi connectivity index (χ1) is 10.7. The molecule has 1 saturated heterocycles. The average molecular weight is 320 g/mol. The fourth-order valence-electron chi connectivity index (χ4n) is 3.76. The van der Waals surface area contributed by atoms with Gasteiger partial charge >= 0.3 is 0 Å². The Morgan fingerprint density at radius 2 is 2.05 bits per heavy atom. The number of carbonyl (C=O) groups is 2. The van der Waals surface area contributed by atoms with Crippen LogP contribution < -0.4 is 5.32 Å². The first-order valence-electron chi connectivity index (χ1n) is 8.32.